The van der Waals surface area contributed by atoms with E-state index in [1.807, 2.05) is 43.3 Å². The van der Waals surface area contributed by atoms with Crippen molar-refractivity contribution in [2.45, 2.75) is 52.1 Å². The van der Waals surface area contributed by atoms with Crippen LogP contribution in [0.2, 0.25) is 0 Å². The van der Waals surface area contributed by atoms with Gasteiger partial charge < -0.3 is 4.90 Å². The molecule has 3 rings (SSSR count). The fraction of sp³-hybridized carbons (Fsp3) is 0.435. The van der Waals surface area contributed by atoms with Gasteiger partial charge in [-0.15, -0.1) is 0 Å². The molecule has 4 nitrogen and oxygen atoms in total. The van der Waals surface area contributed by atoms with E-state index in [1.54, 1.807) is 4.90 Å². The normalized spacial score (nSPS) is 18.8. The summed E-state index contributed by atoms with van der Waals surface area (Å²) < 4.78 is 24.0. The van der Waals surface area contributed by atoms with Crippen LogP contribution in [0.1, 0.15) is 54.2 Å². The fourth-order valence-electron chi connectivity index (χ4n) is 3.56. The Morgan fingerprint density at radius 1 is 1.04 bits per heavy atom. The summed E-state index contributed by atoms with van der Waals surface area (Å²) in [4.78, 5) is 15.0. The zero-order valence-corrected chi connectivity index (χ0v) is 17.9. The molecule has 0 spiro atoms. The lowest BCUT2D eigenvalue weighted by atomic mass is 9.86. The van der Waals surface area contributed by atoms with E-state index in [2.05, 4.69) is 32.9 Å². The number of carbonyl (C=O) groups excluding carboxylic acids is 1. The van der Waals surface area contributed by atoms with Crippen molar-refractivity contribution in [3.63, 3.8) is 0 Å². The first-order chi connectivity index (χ1) is 13.0. The van der Waals surface area contributed by atoms with Crippen molar-refractivity contribution in [1.82, 2.24) is 4.90 Å². The van der Waals surface area contributed by atoms with Crippen LogP contribution in [0.25, 0.3) is 0 Å². The highest BCUT2D eigenvalue weighted by molar-refractivity contribution is 7.91. The maximum absolute atomic E-state index is 13.2. The number of amides is 1. The molecule has 1 aliphatic heterocycles. The topological polar surface area (TPSA) is 54.5 Å². The lowest BCUT2D eigenvalue weighted by Gasteiger charge is -2.29. The van der Waals surface area contributed by atoms with Crippen LogP contribution in [0.4, 0.5) is 0 Å². The van der Waals surface area contributed by atoms with Crippen LogP contribution in [-0.4, -0.2) is 36.8 Å². The van der Waals surface area contributed by atoms with E-state index in [1.165, 1.54) is 5.56 Å². The van der Waals surface area contributed by atoms with Gasteiger partial charge in [-0.25, -0.2) is 8.42 Å². The van der Waals surface area contributed by atoms with Gasteiger partial charge in [0.25, 0.3) is 5.91 Å². The summed E-state index contributed by atoms with van der Waals surface area (Å²) >= 11 is 0. The van der Waals surface area contributed by atoms with Crippen LogP contribution in [0, 0.1) is 6.92 Å². The Labute approximate surface area is 168 Å². The lowest BCUT2D eigenvalue weighted by Crippen LogP contribution is -2.40. The number of benzene rings is 2. The second-order valence-electron chi connectivity index (χ2n) is 8.80. The Hall–Kier alpha value is -2.14. The van der Waals surface area contributed by atoms with E-state index in [0.29, 0.717) is 18.5 Å². The molecule has 0 bridgehead atoms. The number of hydrogen-bond donors (Lipinski definition) is 0. The second kappa shape index (κ2) is 7.70. The molecule has 2 aromatic rings. The minimum absolute atomic E-state index is 0.0463. The third-order valence-corrected chi connectivity index (χ3v) is 7.13. The molecular weight excluding hydrogens is 370 g/mol. The first kappa shape index (κ1) is 20.6. The van der Waals surface area contributed by atoms with Gasteiger partial charge in [0.2, 0.25) is 0 Å². The Balaban J connectivity index is 1.88. The molecule has 0 N–H and O–H groups in total. The van der Waals surface area contributed by atoms with Crippen LogP contribution in [0.3, 0.4) is 0 Å². The monoisotopic (exact) mass is 399 g/mol. The first-order valence-electron chi connectivity index (χ1n) is 9.73. The third-order valence-electron chi connectivity index (χ3n) is 5.38. The standard InChI is InChI=1S/C23H29NO3S/c1-17-5-9-19(10-6-17)22(25)24(21-13-14-28(26,27)16-21)15-18-7-11-20(12-8-18)23(2,3)4/h5-12,21H,13-16H2,1-4H3/t21-/m0/s1. The van der Waals surface area contributed by atoms with Gasteiger partial charge in [-0.05, 0) is 42.0 Å². The van der Waals surface area contributed by atoms with Gasteiger partial charge in [0.15, 0.2) is 9.84 Å². The predicted octanol–water partition coefficient (Wildman–Crippen LogP) is 4.12. The van der Waals surface area contributed by atoms with Crippen LogP contribution in [-0.2, 0) is 21.8 Å². The maximum Gasteiger partial charge on any atom is 0.254 e. The van der Waals surface area contributed by atoms with Crippen LogP contribution in [0.5, 0.6) is 0 Å². The average molecular weight is 400 g/mol. The van der Waals surface area contributed by atoms with Gasteiger partial charge in [0, 0.05) is 18.2 Å². The highest BCUT2D eigenvalue weighted by Crippen LogP contribution is 2.25. The largest absolute Gasteiger partial charge is 0.330 e. The zero-order chi connectivity index (χ0) is 20.5. The number of hydrogen-bond acceptors (Lipinski definition) is 3. The van der Waals surface area contributed by atoms with Crippen molar-refractivity contribution >= 4 is 15.7 Å². The Morgan fingerprint density at radius 2 is 1.64 bits per heavy atom. The summed E-state index contributed by atoms with van der Waals surface area (Å²) in [7, 11) is -3.08. The van der Waals surface area contributed by atoms with Crippen molar-refractivity contribution in [3.8, 4) is 0 Å². The Morgan fingerprint density at radius 3 is 2.14 bits per heavy atom. The van der Waals surface area contributed by atoms with Crippen molar-refractivity contribution in [3.05, 3.63) is 70.8 Å². The molecule has 1 heterocycles. The molecule has 0 unspecified atom stereocenters. The van der Waals surface area contributed by atoms with Gasteiger partial charge in [-0.3, -0.25) is 4.79 Å². The zero-order valence-electron chi connectivity index (χ0n) is 17.1. The summed E-state index contributed by atoms with van der Waals surface area (Å²) in [6, 6.07) is 15.4. The lowest BCUT2D eigenvalue weighted by molar-refractivity contribution is 0.0681. The molecule has 1 amide bonds. The van der Waals surface area contributed by atoms with Gasteiger partial charge in [0.1, 0.15) is 0 Å². The van der Waals surface area contributed by atoms with E-state index < -0.39 is 9.84 Å². The average Bonchev–Trinajstić information content (AvgIpc) is 2.99. The van der Waals surface area contributed by atoms with Gasteiger partial charge >= 0.3 is 0 Å². The van der Waals surface area contributed by atoms with E-state index >= 15 is 0 Å². The number of nitrogens with zero attached hydrogens (tertiary/aromatic N) is 1. The summed E-state index contributed by atoms with van der Waals surface area (Å²) in [5.41, 5.74) is 3.99. The molecule has 1 atom stereocenters. The summed E-state index contributed by atoms with van der Waals surface area (Å²) in [5.74, 6) is 0.0881. The Kier molecular flexibility index (Phi) is 5.67. The Bertz CT molecular complexity index is 939. The SMILES string of the molecule is Cc1ccc(C(=O)N(Cc2ccc(C(C)(C)C)cc2)[C@H]2CCS(=O)(=O)C2)cc1. The number of sulfone groups is 1. The molecule has 5 heteroatoms. The molecule has 1 fully saturated rings. The minimum atomic E-state index is -3.08. The van der Waals surface area contributed by atoms with Crippen molar-refractivity contribution in [2.75, 3.05) is 11.5 Å². The number of aryl methyl sites for hydroxylation is 1. The van der Waals surface area contributed by atoms with E-state index in [9.17, 15) is 13.2 Å². The summed E-state index contributed by atoms with van der Waals surface area (Å²) in [6.07, 6.45) is 0.500. The van der Waals surface area contributed by atoms with Gasteiger partial charge in [-0.2, -0.15) is 0 Å². The smallest absolute Gasteiger partial charge is 0.254 e. The summed E-state index contributed by atoms with van der Waals surface area (Å²) in [5, 5.41) is 0. The molecule has 0 aliphatic carbocycles. The van der Waals surface area contributed by atoms with Gasteiger partial charge in [0.05, 0.1) is 11.5 Å². The quantitative estimate of drug-likeness (QED) is 0.777. The van der Waals surface area contributed by atoms with E-state index in [4.69, 9.17) is 0 Å². The van der Waals surface area contributed by atoms with E-state index in [0.717, 1.165) is 11.1 Å². The first-order valence-corrected chi connectivity index (χ1v) is 11.5. The highest BCUT2D eigenvalue weighted by atomic mass is 32.2. The maximum atomic E-state index is 13.2. The molecule has 150 valence electrons. The van der Waals surface area contributed by atoms with Crippen LogP contribution < -0.4 is 0 Å². The van der Waals surface area contributed by atoms with Crippen LogP contribution in [0.15, 0.2) is 48.5 Å². The van der Waals surface area contributed by atoms with Gasteiger partial charge in [-0.1, -0.05) is 62.7 Å². The van der Waals surface area contributed by atoms with E-state index in [-0.39, 0.29) is 28.9 Å². The molecule has 1 saturated heterocycles. The van der Waals surface area contributed by atoms with Crippen molar-refractivity contribution in [1.29, 1.82) is 0 Å². The third kappa shape index (κ3) is 4.82. The molecule has 0 saturated carbocycles. The number of rotatable bonds is 4. The second-order valence-corrected chi connectivity index (χ2v) is 11.0. The number of carbonyl (C=O) groups is 1. The summed E-state index contributed by atoms with van der Waals surface area (Å²) in [6.45, 7) is 8.89. The molecule has 28 heavy (non-hydrogen) atoms. The van der Waals surface area contributed by atoms with Crippen molar-refractivity contribution < 1.29 is 13.2 Å². The molecule has 1 aliphatic rings. The van der Waals surface area contributed by atoms with Crippen LogP contribution >= 0.6 is 0 Å². The molecule has 0 aromatic heterocycles. The van der Waals surface area contributed by atoms with Crippen molar-refractivity contribution in [2.24, 2.45) is 0 Å². The molecule has 0 radical (unpaired) electrons. The minimum Gasteiger partial charge on any atom is -0.330 e. The molecule has 2 aromatic carbocycles. The molecular formula is C23H29NO3S. The fourth-order valence-corrected chi connectivity index (χ4v) is 5.29. The predicted molar refractivity (Wildman–Crippen MR) is 113 cm³/mol. The highest BCUT2D eigenvalue weighted by Gasteiger charge is 2.35.